The minimum atomic E-state index is -4.36. The molecule has 0 aromatic heterocycles. The van der Waals surface area contributed by atoms with Gasteiger partial charge in [-0.3, -0.25) is 10.1 Å². The van der Waals surface area contributed by atoms with Crippen molar-refractivity contribution >= 4 is 5.91 Å². The topological polar surface area (TPSA) is 50.4 Å². The van der Waals surface area contributed by atoms with Crippen molar-refractivity contribution in [2.75, 3.05) is 14.2 Å². The molecule has 0 aliphatic rings. The van der Waals surface area contributed by atoms with Gasteiger partial charge < -0.3 is 10.1 Å². The van der Waals surface area contributed by atoms with E-state index in [9.17, 15) is 18.0 Å². The van der Waals surface area contributed by atoms with Crippen molar-refractivity contribution in [2.24, 2.45) is 5.92 Å². The van der Waals surface area contributed by atoms with Crippen LogP contribution in [0.15, 0.2) is 72.8 Å². The lowest BCUT2D eigenvalue weighted by molar-refractivity contribution is -0.137. The van der Waals surface area contributed by atoms with Gasteiger partial charge in [-0.2, -0.15) is 13.2 Å². The number of carbonyl (C=O) groups excluding carboxylic acids is 1. The standard InChI is InChI=1S/C27H29F3N2O2.C4H10/c1-18-17-21(12-16-24(18)34-3)23(15-11-19-9-13-22(14-10-19)27(28,29)30)32-25(26(33)31-2)20-7-5-4-6-8-20;1-4(2)3/h4-10,12-14,16-17,23,25,32H,11,15H2,1-3H3,(H,31,33);4H,1-3H3. The number of hydrogen-bond donors (Lipinski definition) is 2. The van der Waals surface area contributed by atoms with Crippen LogP contribution in [0, 0.1) is 12.8 Å². The van der Waals surface area contributed by atoms with Gasteiger partial charge in [-0.25, -0.2) is 0 Å². The number of ether oxygens (including phenoxy) is 1. The van der Waals surface area contributed by atoms with Gasteiger partial charge in [-0.1, -0.05) is 75.4 Å². The average molecular weight is 529 g/mol. The van der Waals surface area contributed by atoms with Crippen molar-refractivity contribution in [2.45, 2.75) is 58.8 Å². The number of amides is 1. The highest BCUT2D eigenvalue weighted by atomic mass is 19.4. The molecule has 0 saturated carbocycles. The molecule has 2 atom stereocenters. The number of carbonyl (C=O) groups is 1. The van der Waals surface area contributed by atoms with Crippen molar-refractivity contribution in [3.63, 3.8) is 0 Å². The third-order valence-corrected chi connectivity index (χ3v) is 5.83. The van der Waals surface area contributed by atoms with Crippen LogP contribution in [-0.4, -0.2) is 20.1 Å². The molecule has 0 radical (unpaired) electrons. The Hall–Kier alpha value is -3.32. The summed E-state index contributed by atoms with van der Waals surface area (Å²) in [7, 11) is 3.20. The smallest absolute Gasteiger partial charge is 0.416 e. The first-order chi connectivity index (χ1) is 18.0. The molecule has 0 heterocycles. The third-order valence-electron chi connectivity index (χ3n) is 5.83. The number of halogens is 3. The predicted octanol–water partition coefficient (Wildman–Crippen LogP) is 7.44. The Kier molecular flexibility index (Phi) is 11.9. The summed E-state index contributed by atoms with van der Waals surface area (Å²) >= 11 is 0. The molecule has 0 aliphatic carbocycles. The molecule has 3 rings (SSSR count). The molecule has 38 heavy (non-hydrogen) atoms. The fraction of sp³-hybridized carbons (Fsp3) is 0.387. The van der Waals surface area contributed by atoms with Crippen LogP contribution in [0.5, 0.6) is 5.75 Å². The summed E-state index contributed by atoms with van der Waals surface area (Å²) in [5.74, 6) is 1.42. The quantitative estimate of drug-likeness (QED) is 0.304. The van der Waals surface area contributed by atoms with E-state index in [0.717, 1.165) is 46.1 Å². The van der Waals surface area contributed by atoms with Crippen molar-refractivity contribution in [3.05, 3.63) is 101 Å². The maximum absolute atomic E-state index is 12.9. The van der Waals surface area contributed by atoms with E-state index in [1.54, 1.807) is 14.2 Å². The number of likely N-dealkylation sites (N-methyl/N-ethyl adjacent to an activating group) is 1. The van der Waals surface area contributed by atoms with Crippen molar-refractivity contribution in [1.29, 1.82) is 0 Å². The van der Waals surface area contributed by atoms with Crippen LogP contribution in [0.2, 0.25) is 0 Å². The number of aryl methyl sites for hydroxylation is 2. The van der Waals surface area contributed by atoms with E-state index in [2.05, 4.69) is 31.4 Å². The molecule has 3 aromatic rings. The van der Waals surface area contributed by atoms with Crippen LogP contribution >= 0.6 is 0 Å². The second-order valence-corrected chi connectivity index (χ2v) is 9.87. The van der Waals surface area contributed by atoms with E-state index in [0.29, 0.717) is 12.8 Å². The average Bonchev–Trinajstić information content (AvgIpc) is 2.88. The second-order valence-electron chi connectivity index (χ2n) is 9.87. The Labute approximate surface area is 224 Å². The largest absolute Gasteiger partial charge is 0.496 e. The van der Waals surface area contributed by atoms with Crippen LogP contribution in [0.3, 0.4) is 0 Å². The molecular weight excluding hydrogens is 489 g/mol. The van der Waals surface area contributed by atoms with E-state index in [4.69, 9.17) is 4.74 Å². The fourth-order valence-corrected chi connectivity index (χ4v) is 3.95. The minimum absolute atomic E-state index is 0.170. The summed E-state index contributed by atoms with van der Waals surface area (Å²) in [6.07, 6.45) is -3.24. The summed E-state index contributed by atoms with van der Waals surface area (Å²) in [5, 5.41) is 6.19. The molecule has 2 unspecified atom stereocenters. The molecule has 2 N–H and O–H groups in total. The molecule has 0 aliphatic heterocycles. The Bertz CT molecular complexity index is 1130. The third kappa shape index (κ3) is 9.53. The number of benzene rings is 3. The molecular formula is C31H39F3N2O2. The number of hydrogen-bond acceptors (Lipinski definition) is 3. The second kappa shape index (κ2) is 14.6. The van der Waals surface area contributed by atoms with Crippen molar-refractivity contribution in [3.8, 4) is 5.75 Å². The van der Waals surface area contributed by atoms with Gasteiger partial charge in [0.15, 0.2) is 0 Å². The van der Waals surface area contributed by atoms with Gasteiger partial charge in [0.25, 0.3) is 0 Å². The predicted molar refractivity (Wildman–Crippen MR) is 147 cm³/mol. The number of nitrogens with one attached hydrogen (secondary N) is 2. The van der Waals surface area contributed by atoms with Gasteiger partial charge in [0, 0.05) is 13.1 Å². The molecule has 0 spiro atoms. The van der Waals surface area contributed by atoms with E-state index in [-0.39, 0.29) is 11.9 Å². The zero-order chi connectivity index (χ0) is 28.3. The molecule has 4 nitrogen and oxygen atoms in total. The summed E-state index contributed by atoms with van der Waals surface area (Å²) in [6, 6.07) is 19.7. The normalized spacial score (nSPS) is 12.8. The van der Waals surface area contributed by atoms with Gasteiger partial charge in [0.1, 0.15) is 11.8 Å². The van der Waals surface area contributed by atoms with E-state index >= 15 is 0 Å². The Morgan fingerprint density at radius 2 is 1.53 bits per heavy atom. The van der Waals surface area contributed by atoms with Crippen LogP contribution in [0.1, 0.15) is 67.1 Å². The van der Waals surface area contributed by atoms with Crippen molar-refractivity contribution < 1.29 is 22.7 Å². The van der Waals surface area contributed by atoms with Gasteiger partial charge in [0.2, 0.25) is 5.91 Å². The highest BCUT2D eigenvalue weighted by molar-refractivity contribution is 5.83. The monoisotopic (exact) mass is 528 g/mol. The van der Waals surface area contributed by atoms with E-state index in [1.165, 1.54) is 12.1 Å². The van der Waals surface area contributed by atoms with Gasteiger partial charge in [-0.15, -0.1) is 0 Å². The molecule has 3 aromatic carbocycles. The van der Waals surface area contributed by atoms with Crippen LogP contribution < -0.4 is 15.4 Å². The first kappa shape index (κ1) is 30.9. The van der Waals surface area contributed by atoms with Crippen LogP contribution in [0.25, 0.3) is 0 Å². The fourth-order valence-electron chi connectivity index (χ4n) is 3.95. The SMILES string of the molecule is CC(C)C.CNC(=O)C(NC(CCc1ccc(C(F)(F)F)cc1)c1ccc(OC)c(C)c1)c1ccccc1. The summed E-state index contributed by atoms with van der Waals surface area (Å²) < 4.78 is 44.1. The highest BCUT2D eigenvalue weighted by Gasteiger charge is 2.30. The zero-order valence-electron chi connectivity index (χ0n) is 23.0. The Balaban J connectivity index is 0.00000118. The van der Waals surface area contributed by atoms with Crippen molar-refractivity contribution in [1.82, 2.24) is 10.6 Å². The van der Waals surface area contributed by atoms with E-state index in [1.807, 2.05) is 55.5 Å². The minimum Gasteiger partial charge on any atom is -0.496 e. The maximum Gasteiger partial charge on any atom is 0.416 e. The van der Waals surface area contributed by atoms with Crippen LogP contribution in [-0.2, 0) is 17.4 Å². The lowest BCUT2D eigenvalue weighted by atomic mass is 9.95. The first-order valence-electron chi connectivity index (χ1n) is 12.8. The number of alkyl halides is 3. The summed E-state index contributed by atoms with van der Waals surface area (Å²) in [5.41, 5.74) is 2.88. The molecule has 0 saturated heterocycles. The van der Waals surface area contributed by atoms with Gasteiger partial charge in [0.05, 0.1) is 12.7 Å². The molecule has 0 bridgehead atoms. The molecule has 0 fully saturated rings. The Morgan fingerprint density at radius 1 is 0.921 bits per heavy atom. The lowest BCUT2D eigenvalue weighted by Crippen LogP contribution is -2.38. The van der Waals surface area contributed by atoms with Gasteiger partial charge >= 0.3 is 6.18 Å². The highest BCUT2D eigenvalue weighted by Crippen LogP contribution is 2.31. The lowest BCUT2D eigenvalue weighted by Gasteiger charge is -2.26. The van der Waals surface area contributed by atoms with E-state index < -0.39 is 17.8 Å². The first-order valence-corrected chi connectivity index (χ1v) is 12.8. The molecule has 206 valence electrons. The van der Waals surface area contributed by atoms with Crippen LogP contribution in [0.4, 0.5) is 13.2 Å². The summed E-state index contributed by atoms with van der Waals surface area (Å²) in [4.78, 5) is 12.8. The van der Waals surface area contributed by atoms with Gasteiger partial charge in [-0.05, 0) is 66.1 Å². The Morgan fingerprint density at radius 3 is 2.03 bits per heavy atom. The molecule has 1 amide bonds. The number of methoxy groups -OCH3 is 1. The maximum atomic E-state index is 12.9. The summed E-state index contributed by atoms with van der Waals surface area (Å²) in [6.45, 7) is 8.45. The zero-order valence-corrected chi connectivity index (χ0v) is 23.0. The molecule has 7 heteroatoms. The number of rotatable bonds is 9.